The van der Waals surface area contributed by atoms with Crippen molar-refractivity contribution in [2.45, 2.75) is 0 Å². The number of benzene rings is 1. The van der Waals surface area contributed by atoms with Gasteiger partial charge in [0.05, 0.1) is 12.7 Å². The third-order valence-corrected chi connectivity index (χ3v) is 2.21. The average Bonchev–Trinajstić information content (AvgIpc) is 2.34. The minimum atomic E-state index is -0.634. The van der Waals surface area contributed by atoms with Gasteiger partial charge in [-0.15, -0.1) is 0 Å². The van der Waals surface area contributed by atoms with Crippen LogP contribution in [0.4, 0.5) is 10.5 Å². The van der Waals surface area contributed by atoms with Crippen LogP contribution < -0.4 is 26.8 Å². The minimum absolute atomic E-state index is 0.255. The lowest BCUT2D eigenvalue weighted by Crippen LogP contribution is -2.37. The number of nitrogens with two attached hydrogens (primary N) is 2. The molecule has 0 aliphatic carbocycles. The summed E-state index contributed by atoms with van der Waals surface area (Å²) >= 11 is 0. The van der Waals surface area contributed by atoms with Crippen LogP contribution in [-0.2, 0) is 0 Å². The van der Waals surface area contributed by atoms with E-state index >= 15 is 0 Å². The van der Waals surface area contributed by atoms with Crippen molar-refractivity contribution in [3.63, 3.8) is 0 Å². The van der Waals surface area contributed by atoms with E-state index in [-0.39, 0.29) is 19.0 Å². The molecule has 0 atom stereocenters. The first kappa shape index (κ1) is 13.6. The number of amides is 3. The van der Waals surface area contributed by atoms with Gasteiger partial charge >= 0.3 is 6.03 Å². The van der Waals surface area contributed by atoms with Gasteiger partial charge in [0.15, 0.2) is 0 Å². The topological polar surface area (TPSA) is 119 Å². The summed E-state index contributed by atoms with van der Waals surface area (Å²) in [7, 11) is 1.50. The fraction of sp³-hybridized carbons (Fsp3) is 0.273. The van der Waals surface area contributed by atoms with Gasteiger partial charge in [0.1, 0.15) is 5.75 Å². The molecule has 3 amide bonds. The SMILES string of the molecule is COc1ccc(N)c(C(=O)NCCNC(N)=O)c1. The van der Waals surface area contributed by atoms with Crippen LogP contribution in [-0.4, -0.2) is 32.1 Å². The number of ether oxygens (including phenoxy) is 1. The highest BCUT2D eigenvalue weighted by atomic mass is 16.5. The van der Waals surface area contributed by atoms with Gasteiger partial charge in [-0.2, -0.15) is 0 Å². The van der Waals surface area contributed by atoms with Gasteiger partial charge in [-0.25, -0.2) is 4.79 Å². The second kappa shape index (κ2) is 6.33. The van der Waals surface area contributed by atoms with Crippen LogP contribution in [0.1, 0.15) is 10.4 Å². The summed E-state index contributed by atoms with van der Waals surface area (Å²) in [4.78, 5) is 22.2. The third kappa shape index (κ3) is 3.85. The van der Waals surface area contributed by atoms with Crippen molar-refractivity contribution in [2.75, 3.05) is 25.9 Å². The van der Waals surface area contributed by atoms with Crippen LogP contribution >= 0.6 is 0 Å². The van der Waals surface area contributed by atoms with Crippen molar-refractivity contribution < 1.29 is 14.3 Å². The summed E-state index contributed by atoms with van der Waals surface area (Å²) in [6.45, 7) is 0.517. The molecule has 7 nitrogen and oxygen atoms in total. The van der Waals surface area contributed by atoms with E-state index in [2.05, 4.69) is 10.6 Å². The first-order valence-corrected chi connectivity index (χ1v) is 5.29. The van der Waals surface area contributed by atoms with E-state index in [1.165, 1.54) is 7.11 Å². The average molecular weight is 252 g/mol. The number of rotatable bonds is 5. The molecule has 0 unspecified atom stereocenters. The highest BCUT2D eigenvalue weighted by molar-refractivity contribution is 5.99. The number of carbonyl (C=O) groups is 2. The molecule has 0 heterocycles. The molecule has 1 aromatic carbocycles. The lowest BCUT2D eigenvalue weighted by Gasteiger charge is -2.09. The van der Waals surface area contributed by atoms with Crippen molar-refractivity contribution in [1.82, 2.24) is 10.6 Å². The van der Waals surface area contributed by atoms with E-state index in [0.717, 1.165) is 0 Å². The largest absolute Gasteiger partial charge is 0.497 e. The van der Waals surface area contributed by atoms with Crippen molar-refractivity contribution in [2.24, 2.45) is 5.73 Å². The molecule has 0 radical (unpaired) electrons. The molecule has 6 N–H and O–H groups in total. The Morgan fingerprint density at radius 1 is 1.28 bits per heavy atom. The lowest BCUT2D eigenvalue weighted by molar-refractivity contribution is 0.0954. The van der Waals surface area contributed by atoms with Crippen LogP contribution in [0.5, 0.6) is 5.75 Å². The molecule has 0 aliphatic rings. The van der Waals surface area contributed by atoms with Crippen LogP contribution in [0.2, 0.25) is 0 Å². The molecule has 0 fully saturated rings. The fourth-order valence-electron chi connectivity index (χ4n) is 1.32. The van der Waals surface area contributed by atoms with Gasteiger partial charge in [0.25, 0.3) is 5.91 Å². The zero-order valence-corrected chi connectivity index (χ0v) is 10.0. The number of nitrogens with one attached hydrogen (secondary N) is 2. The number of methoxy groups -OCH3 is 1. The summed E-state index contributed by atoms with van der Waals surface area (Å²) < 4.78 is 5.01. The van der Waals surface area contributed by atoms with E-state index in [9.17, 15) is 9.59 Å². The highest BCUT2D eigenvalue weighted by Crippen LogP contribution is 2.19. The van der Waals surface area contributed by atoms with E-state index in [0.29, 0.717) is 17.0 Å². The van der Waals surface area contributed by atoms with Crippen molar-refractivity contribution >= 4 is 17.6 Å². The number of hydrogen-bond donors (Lipinski definition) is 4. The molecule has 0 aliphatic heterocycles. The van der Waals surface area contributed by atoms with Gasteiger partial charge in [-0.05, 0) is 18.2 Å². The van der Waals surface area contributed by atoms with Crippen LogP contribution in [0.25, 0.3) is 0 Å². The quantitative estimate of drug-likeness (QED) is 0.424. The molecule has 7 heteroatoms. The zero-order valence-electron chi connectivity index (χ0n) is 10.0. The Labute approximate surface area is 104 Å². The molecule has 0 bridgehead atoms. The van der Waals surface area contributed by atoms with Gasteiger partial charge in [-0.1, -0.05) is 0 Å². The van der Waals surface area contributed by atoms with Gasteiger partial charge in [0, 0.05) is 18.8 Å². The number of urea groups is 1. The molecular weight excluding hydrogens is 236 g/mol. The van der Waals surface area contributed by atoms with Crippen molar-refractivity contribution in [1.29, 1.82) is 0 Å². The Bertz CT molecular complexity index is 448. The van der Waals surface area contributed by atoms with E-state index in [1.807, 2.05) is 0 Å². The second-order valence-corrected chi connectivity index (χ2v) is 3.50. The molecule has 18 heavy (non-hydrogen) atoms. The van der Waals surface area contributed by atoms with E-state index < -0.39 is 6.03 Å². The Kier molecular flexibility index (Phi) is 4.79. The number of nitrogen functional groups attached to an aromatic ring is 1. The maximum atomic E-state index is 11.8. The molecule has 1 aromatic rings. The molecular formula is C11H16N4O3. The fourth-order valence-corrected chi connectivity index (χ4v) is 1.32. The molecule has 0 saturated carbocycles. The number of anilines is 1. The van der Waals surface area contributed by atoms with Crippen LogP contribution in [0, 0.1) is 0 Å². The molecule has 0 saturated heterocycles. The first-order valence-electron chi connectivity index (χ1n) is 5.29. The summed E-state index contributed by atoms with van der Waals surface area (Å²) in [6, 6.07) is 4.17. The predicted molar refractivity (Wildman–Crippen MR) is 67.3 cm³/mol. The first-order chi connectivity index (χ1) is 8.54. The smallest absolute Gasteiger partial charge is 0.312 e. The number of primary amides is 1. The zero-order chi connectivity index (χ0) is 13.5. The summed E-state index contributed by atoms with van der Waals surface area (Å²) in [5.74, 6) is 0.210. The molecule has 0 aromatic heterocycles. The predicted octanol–water partition coefficient (Wildman–Crippen LogP) is -0.324. The van der Waals surface area contributed by atoms with Gasteiger partial charge in [0.2, 0.25) is 0 Å². The minimum Gasteiger partial charge on any atom is -0.497 e. The third-order valence-electron chi connectivity index (χ3n) is 2.21. The lowest BCUT2D eigenvalue weighted by atomic mass is 10.1. The number of hydrogen-bond acceptors (Lipinski definition) is 4. The van der Waals surface area contributed by atoms with Crippen LogP contribution in [0.15, 0.2) is 18.2 Å². The van der Waals surface area contributed by atoms with Crippen molar-refractivity contribution in [3.05, 3.63) is 23.8 Å². The molecule has 1 rings (SSSR count). The standard InChI is InChI=1S/C11H16N4O3/c1-18-7-2-3-9(12)8(6-7)10(16)14-4-5-15-11(13)17/h2-3,6H,4-5,12H2,1H3,(H,14,16)(H3,13,15,17). The van der Waals surface area contributed by atoms with E-state index in [1.54, 1.807) is 18.2 Å². The maximum absolute atomic E-state index is 11.8. The Balaban J connectivity index is 2.58. The summed E-state index contributed by atoms with van der Waals surface area (Å²) in [5.41, 5.74) is 11.3. The van der Waals surface area contributed by atoms with Gasteiger partial charge < -0.3 is 26.8 Å². The Morgan fingerprint density at radius 3 is 2.56 bits per heavy atom. The highest BCUT2D eigenvalue weighted by Gasteiger charge is 2.10. The van der Waals surface area contributed by atoms with E-state index in [4.69, 9.17) is 16.2 Å². The molecule has 98 valence electrons. The second-order valence-electron chi connectivity index (χ2n) is 3.50. The van der Waals surface area contributed by atoms with Crippen molar-refractivity contribution in [3.8, 4) is 5.75 Å². The Hall–Kier alpha value is -2.44. The maximum Gasteiger partial charge on any atom is 0.312 e. The Morgan fingerprint density at radius 2 is 1.94 bits per heavy atom. The monoisotopic (exact) mass is 252 g/mol. The normalized spacial score (nSPS) is 9.61. The summed E-state index contributed by atoms with van der Waals surface area (Å²) in [5, 5.41) is 4.96. The van der Waals surface area contributed by atoms with Gasteiger partial charge in [-0.3, -0.25) is 4.79 Å². The summed E-state index contributed by atoms with van der Waals surface area (Å²) in [6.07, 6.45) is 0. The molecule has 0 spiro atoms. The van der Waals surface area contributed by atoms with Crippen LogP contribution in [0.3, 0.4) is 0 Å². The number of carbonyl (C=O) groups excluding carboxylic acids is 2.